The lowest BCUT2D eigenvalue weighted by molar-refractivity contribution is -0.226. The summed E-state index contributed by atoms with van der Waals surface area (Å²) in [4.78, 5) is 50.9. The lowest BCUT2D eigenvalue weighted by atomic mass is 9.76. The molecule has 2 saturated heterocycles. The number of esters is 2. The normalized spacial score (nSPS) is 30.2. The standard InChI is InChI=1S/C20H17NO9/c1-9(22)28-19(29-10(2)23)20-6-5-13(30-20)15-16(20)18(25)21(17(15)24)11-3-4-12-14(7-11)27-8-26-12/h3-7,13,15-16,19H,8H2,1-2H3/t13-,15-,16-,20-/m1/s1. The Balaban J connectivity index is 1.53. The largest absolute Gasteiger partial charge is 0.454 e. The van der Waals surface area contributed by atoms with Gasteiger partial charge in [-0.15, -0.1) is 0 Å². The maximum Gasteiger partial charge on any atom is 0.305 e. The van der Waals surface area contributed by atoms with Crippen molar-refractivity contribution in [2.75, 3.05) is 11.7 Å². The number of imide groups is 1. The number of benzene rings is 1. The van der Waals surface area contributed by atoms with Gasteiger partial charge in [-0.25, -0.2) is 4.90 Å². The molecule has 0 unspecified atom stereocenters. The van der Waals surface area contributed by atoms with Gasteiger partial charge in [-0.3, -0.25) is 19.2 Å². The van der Waals surface area contributed by atoms with Crippen molar-refractivity contribution >= 4 is 29.4 Å². The van der Waals surface area contributed by atoms with Gasteiger partial charge in [0.1, 0.15) is 0 Å². The fourth-order valence-corrected chi connectivity index (χ4v) is 4.50. The van der Waals surface area contributed by atoms with Crippen molar-refractivity contribution in [1.82, 2.24) is 0 Å². The number of fused-ring (bicyclic) bond motifs is 6. The van der Waals surface area contributed by atoms with Gasteiger partial charge >= 0.3 is 11.9 Å². The Bertz CT molecular complexity index is 1000. The molecule has 30 heavy (non-hydrogen) atoms. The number of rotatable bonds is 4. The third kappa shape index (κ3) is 2.46. The minimum Gasteiger partial charge on any atom is -0.454 e. The molecule has 4 atom stereocenters. The quantitative estimate of drug-likeness (QED) is 0.303. The van der Waals surface area contributed by atoms with Crippen LogP contribution in [0.25, 0.3) is 0 Å². The molecular weight excluding hydrogens is 398 g/mol. The highest BCUT2D eigenvalue weighted by Gasteiger charge is 2.72. The summed E-state index contributed by atoms with van der Waals surface area (Å²) in [5.74, 6) is -3.34. The molecule has 0 radical (unpaired) electrons. The highest BCUT2D eigenvalue weighted by atomic mass is 16.7. The number of amides is 2. The fraction of sp³-hybridized carbons (Fsp3) is 0.400. The van der Waals surface area contributed by atoms with E-state index in [4.69, 9.17) is 23.7 Å². The first-order chi connectivity index (χ1) is 14.3. The molecule has 10 heteroatoms. The van der Waals surface area contributed by atoms with Gasteiger partial charge in [0, 0.05) is 19.9 Å². The highest BCUT2D eigenvalue weighted by molar-refractivity contribution is 6.23. The zero-order valence-corrected chi connectivity index (χ0v) is 16.0. The molecule has 2 bridgehead atoms. The van der Waals surface area contributed by atoms with E-state index < -0.39 is 53.6 Å². The predicted octanol–water partition coefficient (Wildman–Crippen LogP) is 0.681. The summed E-state index contributed by atoms with van der Waals surface area (Å²) in [5, 5.41) is 0. The maximum absolute atomic E-state index is 13.4. The number of carbonyl (C=O) groups is 4. The topological polar surface area (TPSA) is 118 Å². The first-order valence-electron chi connectivity index (χ1n) is 9.31. The lowest BCUT2D eigenvalue weighted by Crippen LogP contribution is -2.52. The Hall–Kier alpha value is -3.40. The van der Waals surface area contributed by atoms with E-state index in [1.54, 1.807) is 24.3 Å². The van der Waals surface area contributed by atoms with Crippen LogP contribution >= 0.6 is 0 Å². The molecule has 0 saturated carbocycles. The average Bonchev–Trinajstić information content (AvgIpc) is 3.43. The third-order valence-electron chi connectivity index (χ3n) is 5.61. The van der Waals surface area contributed by atoms with Crippen molar-refractivity contribution in [1.29, 1.82) is 0 Å². The van der Waals surface area contributed by atoms with Crippen LogP contribution in [-0.2, 0) is 33.4 Å². The minimum atomic E-state index is -1.58. The van der Waals surface area contributed by atoms with Gasteiger partial charge in [0.2, 0.25) is 18.6 Å². The van der Waals surface area contributed by atoms with E-state index in [9.17, 15) is 19.2 Å². The minimum absolute atomic E-state index is 0.0569. The van der Waals surface area contributed by atoms with Gasteiger partial charge in [0.25, 0.3) is 6.29 Å². The van der Waals surface area contributed by atoms with E-state index in [0.717, 1.165) is 18.7 Å². The second-order valence-electron chi connectivity index (χ2n) is 7.40. The third-order valence-corrected chi connectivity index (χ3v) is 5.61. The van der Waals surface area contributed by atoms with E-state index in [1.807, 2.05) is 0 Å². The Labute approximate surface area is 170 Å². The summed E-state index contributed by atoms with van der Waals surface area (Å²) in [7, 11) is 0. The molecule has 4 aliphatic heterocycles. The molecule has 0 aliphatic carbocycles. The van der Waals surface area contributed by atoms with Gasteiger partial charge in [0.15, 0.2) is 17.1 Å². The Morgan fingerprint density at radius 1 is 1.10 bits per heavy atom. The Morgan fingerprint density at radius 3 is 2.50 bits per heavy atom. The molecule has 4 heterocycles. The smallest absolute Gasteiger partial charge is 0.305 e. The number of ether oxygens (including phenoxy) is 5. The van der Waals surface area contributed by atoms with E-state index in [1.165, 1.54) is 6.08 Å². The highest BCUT2D eigenvalue weighted by Crippen LogP contribution is 2.55. The monoisotopic (exact) mass is 415 g/mol. The van der Waals surface area contributed by atoms with Crippen LogP contribution in [0.4, 0.5) is 5.69 Å². The summed E-state index contributed by atoms with van der Waals surface area (Å²) in [6.07, 6.45) is 0.940. The summed E-state index contributed by atoms with van der Waals surface area (Å²) in [6, 6.07) is 4.76. The number of hydrogen-bond acceptors (Lipinski definition) is 9. The Kier molecular flexibility index (Phi) is 3.91. The molecule has 1 aromatic rings. The maximum atomic E-state index is 13.4. The van der Waals surface area contributed by atoms with Crippen LogP contribution in [0.2, 0.25) is 0 Å². The molecule has 4 aliphatic rings. The summed E-state index contributed by atoms with van der Waals surface area (Å²) in [6.45, 7) is 2.36. The number of hydrogen-bond donors (Lipinski definition) is 0. The van der Waals surface area contributed by atoms with Gasteiger partial charge in [-0.05, 0) is 18.2 Å². The summed E-state index contributed by atoms with van der Waals surface area (Å²) >= 11 is 0. The number of nitrogens with zero attached hydrogens (tertiary/aromatic N) is 1. The lowest BCUT2D eigenvalue weighted by Gasteiger charge is -2.34. The van der Waals surface area contributed by atoms with Crippen LogP contribution in [0.5, 0.6) is 11.5 Å². The second kappa shape index (κ2) is 6.30. The SMILES string of the molecule is CC(=O)OC(OC(C)=O)[C@]12C=C[C@@H](O1)[C@H]1C(=O)N(c3ccc4c(c3)OCO4)C(=O)[C@@H]12. The molecule has 0 spiro atoms. The van der Waals surface area contributed by atoms with E-state index in [0.29, 0.717) is 17.2 Å². The zero-order valence-electron chi connectivity index (χ0n) is 16.0. The van der Waals surface area contributed by atoms with Crippen molar-refractivity contribution in [3.05, 3.63) is 30.4 Å². The number of anilines is 1. The van der Waals surface area contributed by atoms with Gasteiger partial charge < -0.3 is 23.7 Å². The van der Waals surface area contributed by atoms with Gasteiger partial charge in [0.05, 0.1) is 23.6 Å². The zero-order chi connectivity index (χ0) is 21.2. The van der Waals surface area contributed by atoms with Crippen molar-refractivity contribution in [2.24, 2.45) is 11.8 Å². The summed E-state index contributed by atoms with van der Waals surface area (Å²) in [5.41, 5.74) is -1.25. The van der Waals surface area contributed by atoms with Crippen LogP contribution in [0, 0.1) is 11.8 Å². The van der Waals surface area contributed by atoms with Crippen molar-refractivity contribution < 1.29 is 42.9 Å². The summed E-state index contributed by atoms with van der Waals surface area (Å²) < 4.78 is 26.9. The van der Waals surface area contributed by atoms with Crippen molar-refractivity contribution in [3.63, 3.8) is 0 Å². The van der Waals surface area contributed by atoms with E-state index in [-0.39, 0.29) is 6.79 Å². The van der Waals surface area contributed by atoms with Crippen molar-refractivity contribution in [3.8, 4) is 11.5 Å². The number of carbonyl (C=O) groups excluding carboxylic acids is 4. The molecule has 2 amide bonds. The first kappa shape index (κ1) is 18.6. The van der Waals surface area contributed by atoms with E-state index in [2.05, 4.69) is 0 Å². The van der Waals surface area contributed by atoms with Crippen LogP contribution in [0.1, 0.15) is 13.8 Å². The Morgan fingerprint density at radius 2 is 1.80 bits per heavy atom. The van der Waals surface area contributed by atoms with Gasteiger partial charge in [-0.1, -0.05) is 6.08 Å². The molecule has 156 valence electrons. The molecule has 2 fully saturated rings. The molecule has 5 rings (SSSR count). The predicted molar refractivity (Wildman–Crippen MR) is 96.1 cm³/mol. The van der Waals surface area contributed by atoms with Gasteiger partial charge in [-0.2, -0.15) is 0 Å². The van der Waals surface area contributed by atoms with Crippen LogP contribution in [0.3, 0.4) is 0 Å². The molecule has 10 nitrogen and oxygen atoms in total. The second-order valence-corrected chi connectivity index (χ2v) is 7.40. The fourth-order valence-electron chi connectivity index (χ4n) is 4.50. The van der Waals surface area contributed by atoms with Crippen molar-refractivity contribution in [2.45, 2.75) is 31.8 Å². The molecule has 1 aromatic carbocycles. The molecular formula is C20H17NO9. The van der Waals surface area contributed by atoms with E-state index >= 15 is 0 Å². The van der Waals surface area contributed by atoms with Crippen LogP contribution in [0.15, 0.2) is 30.4 Å². The van der Waals surface area contributed by atoms with Crippen LogP contribution < -0.4 is 14.4 Å². The molecule has 0 N–H and O–H groups in total. The van der Waals surface area contributed by atoms with Crippen LogP contribution in [-0.4, -0.2) is 48.5 Å². The first-order valence-corrected chi connectivity index (χ1v) is 9.31. The average molecular weight is 415 g/mol. The molecule has 0 aromatic heterocycles.